The Morgan fingerprint density at radius 1 is 1.50 bits per heavy atom. The largest absolute Gasteiger partial charge is 0.466 e. The number of esters is 1. The summed E-state index contributed by atoms with van der Waals surface area (Å²) >= 11 is 0. The number of ether oxygens (including phenoxy) is 1. The summed E-state index contributed by atoms with van der Waals surface area (Å²) in [6.07, 6.45) is 0. The molecule has 0 saturated heterocycles. The Balaban J connectivity index is 0. The number of amides is 1. The molecule has 0 saturated carbocycles. The van der Waals surface area contributed by atoms with Gasteiger partial charge in [0.15, 0.2) is 5.66 Å². The van der Waals surface area contributed by atoms with Gasteiger partial charge in [0.25, 0.3) is 0 Å². The van der Waals surface area contributed by atoms with Crippen LogP contribution in [0.3, 0.4) is 0 Å². The maximum Gasteiger partial charge on any atom is 0.346 e. The van der Waals surface area contributed by atoms with Gasteiger partial charge in [-0.15, -0.1) is 12.4 Å². The van der Waals surface area contributed by atoms with Gasteiger partial charge in [-0.2, -0.15) is 0 Å². The minimum absolute atomic E-state index is 0. The van der Waals surface area contributed by atoms with E-state index in [1.54, 1.807) is 0 Å². The van der Waals surface area contributed by atoms with Crippen molar-refractivity contribution in [3.8, 4) is 0 Å². The van der Waals surface area contributed by atoms with Crippen molar-refractivity contribution < 1.29 is 14.3 Å². The Bertz CT molecular complexity index is 182. The van der Waals surface area contributed by atoms with Gasteiger partial charge in [0.05, 0.1) is 7.11 Å². The van der Waals surface area contributed by atoms with E-state index in [2.05, 4.69) is 10.1 Å². The topological polar surface area (TPSA) is 81.4 Å². The van der Waals surface area contributed by atoms with Gasteiger partial charge in [-0.25, -0.2) is 4.79 Å². The van der Waals surface area contributed by atoms with Gasteiger partial charge in [-0.3, -0.25) is 10.5 Å². The normalized spacial score (nSPS) is 13.7. The van der Waals surface area contributed by atoms with Crippen molar-refractivity contribution >= 4 is 24.3 Å². The van der Waals surface area contributed by atoms with Crippen LogP contribution >= 0.6 is 12.4 Å². The molecule has 0 radical (unpaired) electrons. The molecule has 3 N–H and O–H groups in total. The summed E-state index contributed by atoms with van der Waals surface area (Å²) in [4.78, 5) is 21.3. The van der Waals surface area contributed by atoms with Crippen LogP contribution in [0, 0.1) is 0 Å². The molecule has 0 aliphatic rings. The molecule has 0 aromatic heterocycles. The molecule has 0 heterocycles. The zero-order chi connectivity index (χ0) is 9.07. The summed E-state index contributed by atoms with van der Waals surface area (Å²) in [5.74, 6) is -1.05. The first-order chi connectivity index (χ1) is 4.90. The van der Waals surface area contributed by atoms with Crippen LogP contribution in [0.2, 0.25) is 0 Å². The zero-order valence-electron chi connectivity index (χ0n) is 7.21. The van der Waals surface area contributed by atoms with Gasteiger partial charge < -0.3 is 10.1 Å². The fourth-order valence-corrected chi connectivity index (χ4v) is 0.629. The molecule has 6 heteroatoms. The average Bonchev–Trinajstić information content (AvgIpc) is 1.83. The SMILES string of the molecule is COC(=O)[C@@](C)(N)NC(C)=O.Cl. The van der Waals surface area contributed by atoms with E-state index in [0.717, 1.165) is 0 Å². The van der Waals surface area contributed by atoms with E-state index >= 15 is 0 Å². The van der Waals surface area contributed by atoms with Crippen LogP contribution in [0.4, 0.5) is 0 Å². The molecule has 0 bridgehead atoms. The van der Waals surface area contributed by atoms with Crippen LogP contribution in [0.15, 0.2) is 0 Å². The summed E-state index contributed by atoms with van der Waals surface area (Å²) in [6, 6.07) is 0. The third-order valence-electron chi connectivity index (χ3n) is 1.05. The molecule has 72 valence electrons. The first kappa shape index (κ1) is 13.8. The van der Waals surface area contributed by atoms with Crippen molar-refractivity contribution in [2.24, 2.45) is 5.73 Å². The molecule has 0 aromatic rings. The molecule has 0 spiro atoms. The number of hydrogen-bond donors (Lipinski definition) is 2. The number of nitrogens with one attached hydrogen (secondary N) is 1. The molecule has 1 atom stereocenters. The standard InChI is InChI=1S/C6H12N2O3.ClH/c1-4(9)8-6(2,7)5(10)11-3;/h7H2,1-3H3,(H,8,9);1H/t6-;/m0./s1. The van der Waals surface area contributed by atoms with Crippen LogP contribution in [0.1, 0.15) is 13.8 Å². The summed E-state index contributed by atoms with van der Waals surface area (Å²) in [7, 11) is 1.20. The lowest BCUT2D eigenvalue weighted by molar-refractivity contribution is -0.149. The van der Waals surface area contributed by atoms with Gasteiger partial charge in [0.1, 0.15) is 0 Å². The second kappa shape index (κ2) is 4.95. The van der Waals surface area contributed by atoms with Gasteiger partial charge in [0, 0.05) is 6.92 Å². The maximum atomic E-state index is 10.8. The molecule has 0 aliphatic carbocycles. The second-order valence-corrected chi connectivity index (χ2v) is 2.38. The van der Waals surface area contributed by atoms with E-state index < -0.39 is 11.6 Å². The van der Waals surface area contributed by atoms with Crippen LogP contribution in [0.25, 0.3) is 0 Å². The lowest BCUT2D eigenvalue weighted by atomic mass is 10.2. The van der Waals surface area contributed by atoms with E-state index in [0.29, 0.717) is 0 Å². The van der Waals surface area contributed by atoms with Crippen molar-refractivity contribution in [1.29, 1.82) is 0 Å². The van der Waals surface area contributed by atoms with Gasteiger partial charge in [-0.1, -0.05) is 0 Å². The average molecular weight is 197 g/mol. The third kappa shape index (κ3) is 4.15. The highest BCUT2D eigenvalue weighted by Crippen LogP contribution is 1.95. The minimum Gasteiger partial charge on any atom is -0.466 e. The van der Waals surface area contributed by atoms with Crippen LogP contribution in [-0.2, 0) is 14.3 Å². The second-order valence-electron chi connectivity index (χ2n) is 2.38. The monoisotopic (exact) mass is 196 g/mol. The fraction of sp³-hybridized carbons (Fsp3) is 0.667. The molecule has 0 aromatic carbocycles. The summed E-state index contributed by atoms with van der Waals surface area (Å²) in [5, 5.41) is 2.23. The fourth-order valence-electron chi connectivity index (χ4n) is 0.629. The van der Waals surface area contributed by atoms with Crippen molar-refractivity contribution in [3.05, 3.63) is 0 Å². The van der Waals surface area contributed by atoms with E-state index in [9.17, 15) is 9.59 Å². The molecule has 0 fully saturated rings. The Morgan fingerprint density at radius 3 is 2.17 bits per heavy atom. The van der Waals surface area contributed by atoms with E-state index in [-0.39, 0.29) is 18.3 Å². The number of nitrogens with two attached hydrogens (primary N) is 1. The molecular weight excluding hydrogens is 184 g/mol. The highest BCUT2D eigenvalue weighted by molar-refractivity contribution is 5.86. The number of halogens is 1. The van der Waals surface area contributed by atoms with Crippen LogP contribution < -0.4 is 11.1 Å². The minimum atomic E-state index is -1.43. The first-order valence-electron chi connectivity index (χ1n) is 3.06. The lowest BCUT2D eigenvalue weighted by Crippen LogP contribution is -2.59. The summed E-state index contributed by atoms with van der Waals surface area (Å²) in [6.45, 7) is 2.63. The van der Waals surface area contributed by atoms with Crippen LogP contribution in [0.5, 0.6) is 0 Å². The number of rotatable bonds is 2. The number of carbonyl (C=O) groups excluding carboxylic acids is 2. The molecule has 0 aliphatic heterocycles. The van der Waals surface area contributed by atoms with Crippen molar-refractivity contribution in [2.75, 3.05) is 7.11 Å². The predicted molar refractivity (Wildman–Crippen MR) is 45.7 cm³/mol. The lowest BCUT2D eigenvalue weighted by Gasteiger charge is -2.21. The third-order valence-corrected chi connectivity index (χ3v) is 1.05. The first-order valence-corrected chi connectivity index (χ1v) is 3.06. The maximum absolute atomic E-state index is 10.8. The van der Waals surface area contributed by atoms with Crippen molar-refractivity contribution in [3.63, 3.8) is 0 Å². The van der Waals surface area contributed by atoms with E-state index in [1.165, 1.54) is 21.0 Å². The smallest absolute Gasteiger partial charge is 0.346 e. The van der Waals surface area contributed by atoms with Gasteiger partial charge >= 0.3 is 5.97 Å². The Kier molecular flexibility index (Phi) is 5.67. The Morgan fingerprint density at radius 2 is 1.92 bits per heavy atom. The quantitative estimate of drug-likeness (QED) is 0.456. The van der Waals surface area contributed by atoms with E-state index in [4.69, 9.17) is 5.73 Å². The van der Waals surface area contributed by atoms with Crippen molar-refractivity contribution in [1.82, 2.24) is 5.32 Å². The highest BCUT2D eigenvalue weighted by atomic mass is 35.5. The molecular formula is C6H13ClN2O3. The molecule has 5 nitrogen and oxygen atoms in total. The molecule has 1 amide bonds. The summed E-state index contributed by atoms with van der Waals surface area (Å²) in [5.41, 5.74) is 3.94. The van der Waals surface area contributed by atoms with Gasteiger partial charge in [0.2, 0.25) is 5.91 Å². The van der Waals surface area contributed by atoms with Gasteiger partial charge in [-0.05, 0) is 6.92 Å². The Hall–Kier alpha value is -0.810. The highest BCUT2D eigenvalue weighted by Gasteiger charge is 2.29. The van der Waals surface area contributed by atoms with Crippen molar-refractivity contribution in [2.45, 2.75) is 19.5 Å². The number of methoxy groups -OCH3 is 1. The number of carbonyl (C=O) groups is 2. The van der Waals surface area contributed by atoms with Crippen LogP contribution in [-0.4, -0.2) is 24.6 Å². The summed E-state index contributed by atoms with van der Waals surface area (Å²) < 4.78 is 4.34. The van der Waals surface area contributed by atoms with E-state index in [1.807, 2.05) is 0 Å². The molecule has 0 unspecified atom stereocenters. The molecule has 12 heavy (non-hydrogen) atoms. The number of hydrogen-bond acceptors (Lipinski definition) is 4. The predicted octanol–water partition coefficient (Wildman–Crippen LogP) is -0.608. The molecule has 0 rings (SSSR count). The zero-order valence-corrected chi connectivity index (χ0v) is 8.03. The Labute approximate surface area is 77.0 Å².